The van der Waals surface area contributed by atoms with Crippen LogP contribution in [0.5, 0.6) is 0 Å². The molecule has 22 heavy (non-hydrogen) atoms. The van der Waals surface area contributed by atoms with Gasteiger partial charge in [-0.2, -0.15) is 5.26 Å². The first kappa shape index (κ1) is 14.1. The summed E-state index contributed by atoms with van der Waals surface area (Å²) < 4.78 is 0. The number of hydrogen-bond acceptors (Lipinski definition) is 3. The van der Waals surface area contributed by atoms with Crippen LogP contribution in [0.1, 0.15) is 6.42 Å². The van der Waals surface area contributed by atoms with Gasteiger partial charge in [-0.1, -0.05) is 11.6 Å². The average Bonchev–Trinajstić information content (AvgIpc) is 2.91. The number of nitrogens with zero attached hydrogens (tertiary/aromatic N) is 2. The molecule has 1 aromatic heterocycles. The summed E-state index contributed by atoms with van der Waals surface area (Å²) in [7, 11) is 0. The van der Waals surface area contributed by atoms with Gasteiger partial charge in [0.1, 0.15) is 12.2 Å². The molecule has 108 valence electrons. The summed E-state index contributed by atoms with van der Waals surface area (Å²) in [6.07, 6.45) is -0.170. The standard InChI is InChI=1S/C16H11ClN4O/c17-11-3-1-10(2-4-11)16-20-13-6-5-12(9-14(13)21-16)19-15(22)7-8-18/h1-6,9H,7H2,(H,19,22)(H,20,21). The first-order valence-electron chi connectivity index (χ1n) is 6.58. The summed E-state index contributed by atoms with van der Waals surface area (Å²) in [5.41, 5.74) is 3.15. The molecule has 0 aliphatic rings. The van der Waals surface area contributed by atoms with Gasteiger partial charge in [0.2, 0.25) is 5.91 Å². The van der Waals surface area contributed by atoms with Gasteiger partial charge in [-0.25, -0.2) is 4.98 Å². The Labute approximate surface area is 131 Å². The van der Waals surface area contributed by atoms with Crippen molar-refractivity contribution in [1.29, 1.82) is 5.26 Å². The van der Waals surface area contributed by atoms with Crippen LogP contribution in [0, 0.1) is 11.3 Å². The van der Waals surface area contributed by atoms with E-state index in [0.717, 1.165) is 22.4 Å². The van der Waals surface area contributed by atoms with Crippen LogP contribution in [0.2, 0.25) is 5.02 Å². The largest absolute Gasteiger partial charge is 0.338 e. The second-order valence-corrected chi connectivity index (χ2v) is 5.14. The fourth-order valence-electron chi connectivity index (χ4n) is 2.11. The van der Waals surface area contributed by atoms with Crippen LogP contribution in [-0.4, -0.2) is 15.9 Å². The van der Waals surface area contributed by atoms with E-state index in [9.17, 15) is 4.79 Å². The number of amides is 1. The Kier molecular flexibility index (Phi) is 3.77. The van der Waals surface area contributed by atoms with E-state index in [0.29, 0.717) is 10.7 Å². The van der Waals surface area contributed by atoms with Crippen molar-refractivity contribution in [3.8, 4) is 17.5 Å². The molecule has 2 N–H and O–H groups in total. The first-order chi connectivity index (χ1) is 10.7. The molecule has 0 spiro atoms. The molecule has 0 saturated heterocycles. The number of benzene rings is 2. The van der Waals surface area contributed by atoms with Crippen molar-refractivity contribution in [2.45, 2.75) is 6.42 Å². The third-order valence-corrected chi connectivity index (χ3v) is 3.37. The zero-order valence-electron chi connectivity index (χ0n) is 11.4. The van der Waals surface area contributed by atoms with E-state index in [-0.39, 0.29) is 12.3 Å². The Hall–Kier alpha value is -2.84. The highest BCUT2D eigenvalue weighted by molar-refractivity contribution is 6.30. The molecule has 0 aliphatic carbocycles. The number of halogens is 1. The van der Waals surface area contributed by atoms with Gasteiger partial charge in [0, 0.05) is 16.3 Å². The van der Waals surface area contributed by atoms with Crippen molar-refractivity contribution in [1.82, 2.24) is 9.97 Å². The molecule has 2 aromatic carbocycles. The quantitative estimate of drug-likeness (QED) is 0.773. The maximum absolute atomic E-state index is 11.4. The summed E-state index contributed by atoms with van der Waals surface area (Å²) in [4.78, 5) is 19.1. The number of nitrogens with one attached hydrogen (secondary N) is 2. The van der Waals surface area contributed by atoms with Crippen molar-refractivity contribution in [3.05, 3.63) is 47.5 Å². The molecule has 1 heterocycles. The normalized spacial score (nSPS) is 10.4. The predicted octanol–water partition coefficient (Wildman–Crippen LogP) is 3.74. The monoisotopic (exact) mass is 310 g/mol. The van der Waals surface area contributed by atoms with E-state index in [1.165, 1.54) is 0 Å². The van der Waals surface area contributed by atoms with Gasteiger partial charge in [-0.15, -0.1) is 0 Å². The molecule has 3 rings (SSSR count). The van der Waals surface area contributed by atoms with Gasteiger partial charge >= 0.3 is 0 Å². The summed E-state index contributed by atoms with van der Waals surface area (Å²) in [6, 6.07) is 14.5. The van der Waals surface area contributed by atoms with Crippen LogP contribution < -0.4 is 5.32 Å². The molecule has 0 saturated carbocycles. The highest BCUT2D eigenvalue weighted by Gasteiger charge is 2.07. The number of carbonyl (C=O) groups is 1. The van der Waals surface area contributed by atoms with Crippen molar-refractivity contribution < 1.29 is 4.79 Å². The minimum absolute atomic E-state index is 0.170. The summed E-state index contributed by atoms with van der Waals surface area (Å²) in [6.45, 7) is 0. The smallest absolute Gasteiger partial charge is 0.238 e. The third-order valence-electron chi connectivity index (χ3n) is 3.12. The molecule has 0 aliphatic heterocycles. The number of carbonyl (C=O) groups excluding carboxylic acids is 1. The van der Waals surface area contributed by atoms with Crippen molar-refractivity contribution in [2.24, 2.45) is 0 Å². The van der Waals surface area contributed by atoms with Crippen LogP contribution in [0.25, 0.3) is 22.4 Å². The van der Waals surface area contributed by atoms with Crippen LogP contribution in [0.4, 0.5) is 5.69 Å². The number of nitriles is 1. The van der Waals surface area contributed by atoms with E-state index in [2.05, 4.69) is 15.3 Å². The van der Waals surface area contributed by atoms with E-state index in [4.69, 9.17) is 16.9 Å². The van der Waals surface area contributed by atoms with Gasteiger partial charge in [0.05, 0.1) is 17.1 Å². The second-order valence-electron chi connectivity index (χ2n) is 4.71. The van der Waals surface area contributed by atoms with Crippen molar-refractivity contribution in [3.63, 3.8) is 0 Å². The Balaban J connectivity index is 1.92. The second kappa shape index (κ2) is 5.88. The minimum Gasteiger partial charge on any atom is -0.338 e. The van der Waals surface area contributed by atoms with Crippen LogP contribution in [0.3, 0.4) is 0 Å². The van der Waals surface area contributed by atoms with Gasteiger partial charge < -0.3 is 10.3 Å². The molecule has 5 nitrogen and oxygen atoms in total. The fraction of sp³-hybridized carbons (Fsp3) is 0.0625. The minimum atomic E-state index is -0.334. The molecule has 6 heteroatoms. The number of hydrogen-bond donors (Lipinski definition) is 2. The summed E-state index contributed by atoms with van der Waals surface area (Å²) in [5.74, 6) is 0.395. The molecule has 1 amide bonds. The molecule has 0 radical (unpaired) electrons. The number of imidazole rings is 1. The fourth-order valence-corrected chi connectivity index (χ4v) is 2.23. The average molecular weight is 311 g/mol. The van der Waals surface area contributed by atoms with Crippen LogP contribution in [0.15, 0.2) is 42.5 Å². The van der Waals surface area contributed by atoms with Crippen molar-refractivity contribution >= 4 is 34.2 Å². The molecule has 0 atom stereocenters. The van der Waals surface area contributed by atoms with Gasteiger partial charge in [-0.05, 0) is 42.5 Å². The zero-order chi connectivity index (χ0) is 15.5. The number of rotatable bonds is 3. The lowest BCUT2D eigenvalue weighted by Crippen LogP contribution is -2.09. The Morgan fingerprint density at radius 2 is 2.05 bits per heavy atom. The number of anilines is 1. The molecular weight excluding hydrogens is 300 g/mol. The maximum atomic E-state index is 11.4. The Morgan fingerprint density at radius 1 is 1.27 bits per heavy atom. The number of aromatic amines is 1. The van der Waals surface area contributed by atoms with Gasteiger partial charge in [0.25, 0.3) is 0 Å². The molecule has 0 unspecified atom stereocenters. The van der Waals surface area contributed by atoms with E-state index in [1.807, 2.05) is 24.3 Å². The van der Waals surface area contributed by atoms with E-state index in [1.54, 1.807) is 24.3 Å². The maximum Gasteiger partial charge on any atom is 0.238 e. The summed E-state index contributed by atoms with van der Waals surface area (Å²) in [5, 5.41) is 11.8. The van der Waals surface area contributed by atoms with E-state index < -0.39 is 0 Å². The Bertz CT molecular complexity index is 877. The van der Waals surface area contributed by atoms with Crippen LogP contribution >= 0.6 is 11.6 Å². The molecule has 0 bridgehead atoms. The van der Waals surface area contributed by atoms with Gasteiger partial charge in [0.15, 0.2) is 0 Å². The molecular formula is C16H11ClN4O. The molecule has 0 fully saturated rings. The van der Waals surface area contributed by atoms with Gasteiger partial charge in [-0.3, -0.25) is 4.79 Å². The summed E-state index contributed by atoms with van der Waals surface area (Å²) >= 11 is 5.88. The molecule has 3 aromatic rings. The topological polar surface area (TPSA) is 81.6 Å². The number of H-pyrrole nitrogens is 1. The number of fused-ring (bicyclic) bond motifs is 1. The Morgan fingerprint density at radius 3 is 2.77 bits per heavy atom. The van der Waals surface area contributed by atoms with Crippen LogP contribution in [-0.2, 0) is 4.79 Å². The lowest BCUT2D eigenvalue weighted by molar-refractivity contribution is -0.115. The van der Waals surface area contributed by atoms with E-state index >= 15 is 0 Å². The SMILES string of the molecule is N#CCC(=O)Nc1ccc2nc(-c3ccc(Cl)cc3)[nH]c2c1. The van der Waals surface area contributed by atoms with Crippen molar-refractivity contribution in [2.75, 3.05) is 5.32 Å². The highest BCUT2D eigenvalue weighted by atomic mass is 35.5. The highest BCUT2D eigenvalue weighted by Crippen LogP contribution is 2.24. The third kappa shape index (κ3) is 2.92. The number of aromatic nitrogens is 2. The predicted molar refractivity (Wildman–Crippen MR) is 85.4 cm³/mol. The lowest BCUT2D eigenvalue weighted by Gasteiger charge is -2.01. The first-order valence-corrected chi connectivity index (χ1v) is 6.96. The zero-order valence-corrected chi connectivity index (χ0v) is 12.2. The lowest BCUT2D eigenvalue weighted by atomic mass is 10.2.